The Morgan fingerprint density at radius 3 is 1.57 bits per heavy atom. The molecule has 0 spiro atoms. The van der Waals surface area contributed by atoms with Crippen LogP contribution in [0, 0.1) is 0 Å². The van der Waals surface area contributed by atoms with Gasteiger partial charge in [-0.1, -0.05) is 91.0 Å². The van der Waals surface area contributed by atoms with Gasteiger partial charge < -0.3 is 13.4 Å². The lowest BCUT2D eigenvalue weighted by Gasteiger charge is -2.10. The summed E-state index contributed by atoms with van der Waals surface area (Å²) in [6.45, 7) is 0. The number of nitrogens with zero attached hydrogens (tertiary/aromatic N) is 4. The van der Waals surface area contributed by atoms with Crippen molar-refractivity contribution < 1.29 is 8.83 Å². The van der Waals surface area contributed by atoms with E-state index in [1.54, 1.807) is 0 Å². The second-order valence-corrected chi connectivity index (χ2v) is 12.8. The summed E-state index contributed by atoms with van der Waals surface area (Å²) in [6.07, 6.45) is 0. The average molecular weight is 655 g/mol. The molecule has 6 heteroatoms. The molecule has 0 amide bonds. The largest absolute Gasteiger partial charge is 0.456 e. The molecule has 6 nitrogen and oxygen atoms in total. The Bertz CT molecular complexity index is 3100. The van der Waals surface area contributed by atoms with E-state index < -0.39 is 0 Å². The molecule has 0 aliphatic rings. The zero-order valence-corrected chi connectivity index (χ0v) is 27.1. The molecule has 0 atom stereocenters. The van der Waals surface area contributed by atoms with Crippen LogP contribution in [0.15, 0.2) is 167 Å². The van der Waals surface area contributed by atoms with Crippen molar-refractivity contribution in [2.45, 2.75) is 0 Å². The van der Waals surface area contributed by atoms with Gasteiger partial charge in [-0.2, -0.15) is 0 Å². The normalized spacial score (nSPS) is 11.9. The summed E-state index contributed by atoms with van der Waals surface area (Å²) in [7, 11) is 0. The van der Waals surface area contributed by atoms with Crippen LogP contribution in [-0.2, 0) is 0 Å². The highest BCUT2D eigenvalue weighted by Crippen LogP contribution is 2.40. The molecule has 11 rings (SSSR count). The number of furan rings is 2. The molecule has 238 valence electrons. The molecule has 0 radical (unpaired) electrons. The lowest BCUT2D eigenvalue weighted by molar-refractivity contribution is 0.668. The van der Waals surface area contributed by atoms with Gasteiger partial charge in [-0.25, -0.2) is 15.0 Å². The molecule has 0 aliphatic carbocycles. The molecule has 7 aromatic carbocycles. The topological polar surface area (TPSA) is 69.9 Å². The number of aromatic nitrogens is 4. The van der Waals surface area contributed by atoms with Gasteiger partial charge in [-0.3, -0.25) is 0 Å². The third kappa shape index (κ3) is 4.26. The zero-order valence-electron chi connectivity index (χ0n) is 27.1. The van der Waals surface area contributed by atoms with Gasteiger partial charge in [0.2, 0.25) is 0 Å². The molecular weight excluding hydrogens is 629 g/mol. The van der Waals surface area contributed by atoms with E-state index >= 15 is 0 Å². The Balaban J connectivity index is 1.14. The summed E-state index contributed by atoms with van der Waals surface area (Å²) in [4.78, 5) is 15.2. The predicted molar refractivity (Wildman–Crippen MR) is 205 cm³/mol. The molecule has 51 heavy (non-hydrogen) atoms. The minimum absolute atomic E-state index is 0.585. The Labute approximate surface area is 290 Å². The number of hydrogen-bond acceptors (Lipinski definition) is 5. The molecule has 4 heterocycles. The van der Waals surface area contributed by atoms with Crippen LogP contribution in [0.3, 0.4) is 0 Å². The van der Waals surface area contributed by atoms with Gasteiger partial charge in [0.05, 0.1) is 22.1 Å². The Morgan fingerprint density at radius 1 is 0.353 bits per heavy atom. The minimum atomic E-state index is 0.585. The van der Waals surface area contributed by atoms with Crippen LogP contribution in [-0.4, -0.2) is 19.5 Å². The van der Waals surface area contributed by atoms with Gasteiger partial charge in [0.1, 0.15) is 22.3 Å². The quantitative estimate of drug-likeness (QED) is 0.189. The fraction of sp³-hybridized carbons (Fsp3) is 0. The van der Waals surface area contributed by atoms with Crippen molar-refractivity contribution in [3.8, 4) is 39.9 Å². The average Bonchev–Trinajstić information content (AvgIpc) is 3.87. The van der Waals surface area contributed by atoms with Crippen molar-refractivity contribution in [2.75, 3.05) is 0 Å². The van der Waals surface area contributed by atoms with Crippen LogP contribution in [0.1, 0.15) is 0 Å². The molecule has 0 fully saturated rings. The van der Waals surface area contributed by atoms with E-state index in [0.717, 1.165) is 77.3 Å². The van der Waals surface area contributed by atoms with Crippen LogP contribution in [0.25, 0.3) is 106 Å². The van der Waals surface area contributed by atoms with Crippen molar-refractivity contribution >= 4 is 65.7 Å². The summed E-state index contributed by atoms with van der Waals surface area (Å²) in [5.74, 6) is 1.78. The fourth-order valence-electron chi connectivity index (χ4n) is 7.53. The maximum Gasteiger partial charge on any atom is 0.164 e. The maximum atomic E-state index is 6.49. The minimum Gasteiger partial charge on any atom is -0.456 e. The number of fused-ring (bicyclic) bond motifs is 9. The van der Waals surface area contributed by atoms with E-state index in [1.165, 1.54) is 10.8 Å². The van der Waals surface area contributed by atoms with Crippen molar-refractivity contribution in [2.24, 2.45) is 0 Å². The molecule has 0 aliphatic heterocycles. The molecule has 0 bridgehead atoms. The maximum absolute atomic E-state index is 6.49. The smallest absolute Gasteiger partial charge is 0.164 e. The summed E-state index contributed by atoms with van der Waals surface area (Å²) < 4.78 is 14.9. The zero-order chi connectivity index (χ0) is 33.5. The van der Waals surface area contributed by atoms with Crippen LogP contribution in [0.2, 0.25) is 0 Å². The highest BCUT2D eigenvalue weighted by molar-refractivity contribution is 6.15. The Kier molecular flexibility index (Phi) is 5.86. The van der Waals surface area contributed by atoms with Crippen LogP contribution < -0.4 is 0 Å². The first kappa shape index (κ1) is 27.9. The highest BCUT2D eigenvalue weighted by Gasteiger charge is 2.20. The van der Waals surface area contributed by atoms with Gasteiger partial charge in [-0.05, 0) is 66.7 Å². The fourth-order valence-corrected chi connectivity index (χ4v) is 7.53. The SMILES string of the molecule is c1ccc(-c2nc(-c3ccc4oc5ccccc5c4c3)nc(-c3ccc4oc5cccc(-n6c7ccccc7c7ccccc76)c5c4c3)n2)cc1. The first-order valence-corrected chi connectivity index (χ1v) is 16.9. The van der Waals surface area contributed by atoms with Crippen LogP contribution in [0.4, 0.5) is 0 Å². The van der Waals surface area contributed by atoms with E-state index in [4.69, 9.17) is 23.8 Å². The molecule has 0 saturated heterocycles. The number of hydrogen-bond donors (Lipinski definition) is 0. The van der Waals surface area contributed by atoms with Gasteiger partial charge in [0.15, 0.2) is 17.5 Å². The molecule has 0 N–H and O–H groups in total. The van der Waals surface area contributed by atoms with E-state index in [-0.39, 0.29) is 0 Å². The Hall–Kier alpha value is -7.05. The van der Waals surface area contributed by atoms with E-state index in [0.29, 0.717) is 17.5 Å². The Morgan fingerprint density at radius 2 is 0.863 bits per heavy atom. The summed E-state index contributed by atoms with van der Waals surface area (Å²) in [6, 6.07) is 53.9. The molecule has 11 aromatic rings. The molecular formula is C45H26N4O2. The number of benzene rings is 7. The van der Waals surface area contributed by atoms with Crippen molar-refractivity contribution in [3.63, 3.8) is 0 Å². The second-order valence-electron chi connectivity index (χ2n) is 12.8. The number of rotatable bonds is 4. The lowest BCUT2D eigenvalue weighted by Crippen LogP contribution is -2.00. The van der Waals surface area contributed by atoms with Gasteiger partial charge in [0, 0.05) is 43.6 Å². The first-order chi connectivity index (χ1) is 25.3. The van der Waals surface area contributed by atoms with Crippen LogP contribution in [0.5, 0.6) is 0 Å². The number of para-hydroxylation sites is 3. The standard InChI is InChI=1S/C45H26N4O2/c1-2-11-27(12-3-1)43-46-44(28-21-23-39-33(25-28)32-15-6-9-19-38(32)50-39)48-45(47-43)29-22-24-40-34(26-29)42-37(18-10-20-41(42)51-40)49-35-16-7-4-13-30(35)31-14-5-8-17-36(31)49/h1-26H. The van der Waals surface area contributed by atoms with Crippen molar-refractivity contribution in [1.82, 2.24) is 19.5 Å². The van der Waals surface area contributed by atoms with Crippen molar-refractivity contribution in [3.05, 3.63) is 158 Å². The third-order valence-corrected chi connectivity index (χ3v) is 9.85. The van der Waals surface area contributed by atoms with Crippen LogP contribution >= 0.6 is 0 Å². The predicted octanol–water partition coefficient (Wildman–Crippen LogP) is 11.8. The summed E-state index contributed by atoms with van der Waals surface area (Å²) in [5, 5.41) is 6.54. The lowest BCUT2D eigenvalue weighted by atomic mass is 10.1. The van der Waals surface area contributed by atoms with E-state index in [1.807, 2.05) is 78.9 Å². The van der Waals surface area contributed by atoms with Crippen molar-refractivity contribution in [1.29, 1.82) is 0 Å². The van der Waals surface area contributed by atoms with Gasteiger partial charge in [-0.15, -0.1) is 0 Å². The monoisotopic (exact) mass is 654 g/mol. The third-order valence-electron chi connectivity index (χ3n) is 9.85. The van der Waals surface area contributed by atoms with E-state index in [9.17, 15) is 0 Å². The molecule has 0 unspecified atom stereocenters. The summed E-state index contributed by atoms with van der Waals surface area (Å²) in [5.41, 5.74) is 9.34. The van der Waals surface area contributed by atoms with Gasteiger partial charge in [0.25, 0.3) is 0 Å². The first-order valence-electron chi connectivity index (χ1n) is 16.9. The second kappa shape index (κ2) is 10.7. The molecule has 0 saturated carbocycles. The van der Waals surface area contributed by atoms with Gasteiger partial charge >= 0.3 is 0 Å². The van der Waals surface area contributed by atoms with E-state index in [2.05, 4.69) is 83.4 Å². The molecule has 4 aromatic heterocycles. The summed E-state index contributed by atoms with van der Waals surface area (Å²) >= 11 is 0. The highest BCUT2D eigenvalue weighted by atomic mass is 16.3.